The van der Waals surface area contributed by atoms with Crippen LogP contribution in [0.3, 0.4) is 0 Å². The Morgan fingerprint density at radius 1 is 1.21 bits per heavy atom. The molecule has 0 heterocycles. The number of halogens is 1. The summed E-state index contributed by atoms with van der Waals surface area (Å²) in [5, 5.41) is 9.14. The minimum Gasteiger partial charge on any atom is -0.489 e. The molecule has 0 aromatic heterocycles. The number of aromatic carboxylic acids is 1. The van der Waals surface area contributed by atoms with Gasteiger partial charge in [0.15, 0.2) is 0 Å². The predicted molar refractivity (Wildman–Crippen MR) is 76.3 cm³/mol. The molecule has 0 saturated carbocycles. The lowest BCUT2D eigenvalue weighted by atomic mass is 10.1. The second-order valence-corrected chi connectivity index (χ2v) is 4.84. The summed E-state index contributed by atoms with van der Waals surface area (Å²) in [5.41, 5.74) is 6.56. The molecule has 19 heavy (non-hydrogen) atoms. The second kappa shape index (κ2) is 5.75. The third kappa shape index (κ3) is 3.26. The number of nitrogen functional groups attached to an aromatic ring is 1. The van der Waals surface area contributed by atoms with E-state index >= 15 is 0 Å². The first kappa shape index (κ1) is 13.4. The van der Waals surface area contributed by atoms with Crippen molar-refractivity contribution in [3.8, 4) is 5.75 Å². The van der Waals surface area contributed by atoms with Crippen molar-refractivity contribution in [2.45, 2.75) is 6.61 Å². The van der Waals surface area contributed by atoms with Crippen molar-refractivity contribution in [1.29, 1.82) is 0 Å². The van der Waals surface area contributed by atoms with Gasteiger partial charge in [-0.05, 0) is 30.3 Å². The van der Waals surface area contributed by atoms with Gasteiger partial charge < -0.3 is 15.6 Å². The number of hydrogen-bond acceptors (Lipinski definition) is 3. The summed E-state index contributed by atoms with van der Waals surface area (Å²) in [7, 11) is 0. The van der Waals surface area contributed by atoms with E-state index in [0.717, 1.165) is 4.47 Å². The lowest BCUT2D eigenvalue weighted by Gasteiger charge is -2.10. The fourth-order valence-corrected chi connectivity index (χ4v) is 1.96. The number of carbonyl (C=O) groups is 1. The summed E-state index contributed by atoms with van der Waals surface area (Å²) in [6.45, 7) is 0.161. The molecule has 0 atom stereocenters. The van der Waals surface area contributed by atoms with E-state index in [9.17, 15) is 4.79 Å². The maximum atomic E-state index is 11.2. The van der Waals surface area contributed by atoms with E-state index in [2.05, 4.69) is 15.9 Å². The van der Waals surface area contributed by atoms with E-state index in [0.29, 0.717) is 11.3 Å². The van der Waals surface area contributed by atoms with E-state index in [4.69, 9.17) is 15.6 Å². The van der Waals surface area contributed by atoms with Crippen LogP contribution in [-0.2, 0) is 6.61 Å². The molecule has 0 aliphatic carbocycles. The molecule has 2 aromatic rings. The summed E-state index contributed by atoms with van der Waals surface area (Å²) < 4.78 is 6.51. The second-order valence-electron chi connectivity index (χ2n) is 3.93. The van der Waals surface area contributed by atoms with Gasteiger partial charge in [0, 0.05) is 15.7 Å². The summed E-state index contributed by atoms with van der Waals surface area (Å²) in [6, 6.07) is 12.3. The van der Waals surface area contributed by atoms with Crippen LogP contribution in [-0.4, -0.2) is 11.1 Å². The van der Waals surface area contributed by atoms with E-state index in [1.807, 2.05) is 12.1 Å². The SMILES string of the molecule is Nc1cccc(COc2ccc(Br)cc2)c1C(=O)O. The zero-order chi connectivity index (χ0) is 13.8. The van der Waals surface area contributed by atoms with Crippen LogP contribution < -0.4 is 10.5 Å². The highest BCUT2D eigenvalue weighted by atomic mass is 79.9. The number of anilines is 1. The van der Waals surface area contributed by atoms with Gasteiger partial charge in [0.25, 0.3) is 0 Å². The van der Waals surface area contributed by atoms with Crippen molar-refractivity contribution in [2.24, 2.45) is 0 Å². The third-order valence-corrected chi connectivity index (χ3v) is 3.13. The highest BCUT2D eigenvalue weighted by molar-refractivity contribution is 9.10. The fraction of sp³-hybridized carbons (Fsp3) is 0.0714. The highest BCUT2D eigenvalue weighted by Crippen LogP contribution is 2.21. The number of carboxylic acids is 1. The minimum absolute atomic E-state index is 0.0969. The van der Waals surface area contributed by atoms with Crippen LogP contribution in [0.25, 0.3) is 0 Å². The van der Waals surface area contributed by atoms with Crippen molar-refractivity contribution < 1.29 is 14.6 Å². The Kier molecular flexibility index (Phi) is 4.06. The monoisotopic (exact) mass is 321 g/mol. The predicted octanol–water partition coefficient (Wildman–Crippen LogP) is 3.31. The van der Waals surface area contributed by atoms with Gasteiger partial charge in [-0.15, -0.1) is 0 Å². The molecule has 0 aliphatic rings. The molecule has 0 amide bonds. The summed E-state index contributed by atoms with van der Waals surface area (Å²) >= 11 is 3.33. The van der Waals surface area contributed by atoms with Crippen molar-refractivity contribution in [2.75, 3.05) is 5.73 Å². The van der Waals surface area contributed by atoms with E-state index in [1.54, 1.807) is 30.3 Å². The van der Waals surface area contributed by atoms with Crippen LogP contribution in [0.4, 0.5) is 5.69 Å². The standard InChI is InChI=1S/C14H12BrNO3/c15-10-4-6-11(7-5-10)19-8-9-2-1-3-12(16)13(9)14(17)18/h1-7H,8,16H2,(H,17,18). The van der Waals surface area contributed by atoms with Crippen LogP contribution >= 0.6 is 15.9 Å². The molecule has 0 fully saturated rings. The van der Waals surface area contributed by atoms with Gasteiger partial charge in [-0.1, -0.05) is 28.1 Å². The highest BCUT2D eigenvalue weighted by Gasteiger charge is 2.13. The molecule has 0 aliphatic heterocycles. The smallest absolute Gasteiger partial charge is 0.338 e. The van der Waals surface area contributed by atoms with Crippen LogP contribution in [0.1, 0.15) is 15.9 Å². The van der Waals surface area contributed by atoms with Gasteiger partial charge in [-0.25, -0.2) is 4.79 Å². The van der Waals surface area contributed by atoms with Gasteiger partial charge in [0.2, 0.25) is 0 Å². The van der Waals surface area contributed by atoms with Gasteiger partial charge in [0.05, 0.1) is 5.56 Å². The maximum absolute atomic E-state index is 11.2. The first-order valence-electron chi connectivity index (χ1n) is 5.57. The number of rotatable bonds is 4. The first-order valence-corrected chi connectivity index (χ1v) is 6.36. The lowest BCUT2D eigenvalue weighted by molar-refractivity contribution is 0.0695. The number of hydrogen-bond donors (Lipinski definition) is 2. The zero-order valence-corrected chi connectivity index (χ0v) is 11.6. The van der Waals surface area contributed by atoms with E-state index < -0.39 is 5.97 Å². The minimum atomic E-state index is -1.05. The molecule has 98 valence electrons. The third-order valence-electron chi connectivity index (χ3n) is 2.60. The Morgan fingerprint density at radius 3 is 2.53 bits per heavy atom. The van der Waals surface area contributed by atoms with Crippen molar-refractivity contribution in [3.63, 3.8) is 0 Å². The average Bonchev–Trinajstić information content (AvgIpc) is 2.37. The Balaban J connectivity index is 2.18. The van der Waals surface area contributed by atoms with Crippen molar-refractivity contribution in [3.05, 3.63) is 58.1 Å². The van der Waals surface area contributed by atoms with E-state index in [1.165, 1.54) is 0 Å². The Hall–Kier alpha value is -2.01. The molecule has 0 saturated heterocycles. The molecule has 2 rings (SSSR count). The normalized spacial score (nSPS) is 10.2. The van der Waals surface area contributed by atoms with Crippen LogP contribution in [0.2, 0.25) is 0 Å². The summed E-state index contributed by atoms with van der Waals surface area (Å²) in [6.07, 6.45) is 0. The first-order chi connectivity index (χ1) is 9.08. The van der Waals surface area contributed by atoms with Gasteiger partial charge in [0.1, 0.15) is 12.4 Å². The number of benzene rings is 2. The maximum Gasteiger partial charge on any atom is 0.338 e. The molecule has 3 N–H and O–H groups in total. The number of nitrogens with two attached hydrogens (primary N) is 1. The van der Waals surface area contributed by atoms with E-state index in [-0.39, 0.29) is 17.9 Å². The number of ether oxygens (including phenoxy) is 1. The van der Waals surface area contributed by atoms with Gasteiger partial charge >= 0.3 is 5.97 Å². The summed E-state index contributed by atoms with van der Waals surface area (Å²) in [4.78, 5) is 11.2. The van der Waals surface area contributed by atoms with Crippen molar-refractivity contribution in [1.82, 2.24) is 0 Å². The van der Waals surface area contributed by atoms with Crippen LogP contribution in [0, 0.1) is 0 Å². The fourth-order valence-electron chi connectivity index (χ4n) is 1.69. The van der Waals surface area contributed by atoms with Gasteiger partial charge in [-0.3, -0.25) is 0 Å². The van der Waals surface area contributed by atoms with Crippen LogP contribution in [0.5, 0.6) is 5.75 Å². The summed E-state index contributed by atoms with van der Waals surface area (Å²) in [5.74, 6) is -0.380. The van der Waals surface area contributed by atoms with Crippen LogP contribution in [0.15, 0.2) is 46.9 Å². The molecule has 0 unspecified atom stereocenters. The molecule has 2 aromatic carbocycles. The Bertz CT molecular complexity index is 596. The largest absolute Gasteiger partial charge is 0.489 e. The Labute approximate surface area is 118 Å². The molecule has 5 heteroatoms. The molecule has 4 nitrogen and oxygen atoms in total. The average molecular weight is 322 g/mol. The number of carboxylic acid groups (broad SMARTS) is 1. The molecule has 0 radical (unpaired) electrons. The van der Waals surface area contributed by atoms with Crippen molar-refractivity contribution >= 4 is 27.6 Å². The molecule has 0 spiro atoms. The quantitative estimate of drug-likeness (QED) is 0.847. The van der Waals surface area contributed by atoms with Gasteiger partial charge in [-0.2, -0.15) is 0 Å². The topological polar surface area (TPSA) is 72.5 Å². The molecule has 0 bridgehead atoms. The zero-order valence-electron chi connectivity index (χ0n) is 9.97. The molecular weight excluding hydrogens is 310 g/mol. The Morgan fingerprint density at radius 2 is 1.89 bits per heavy atom. The molecular formula is C14H12BrNO3. The lowest BCUT2D eigenvalue weighted by Crippen LogP contribution is -2.09.